The summed E-state index contributed by atoms with van der Waals surface area (Å²) in [7, 11) is 0. The summed E-state index contributed by atoms with van der Waals surface area (Å²) in [6, 6.07) is 0. The number of hydrogen-bond donors (Lipinski definition) is 0. The van der Waals surface area contributed by atoms with E-state index in [1.807, 2.05) is 0 Å². The van der Waals surface area contributed by atoms with E-state index in [0.717, 1.165) is 89.9 Å². The van der Waals surface area contributed by atoms with Crippen molar-refractivity contribution in [1.29, 1.82) is 0 Å². The fraction of sp³-hybridized carbons (Fsp3) is 0.795. The van der Waals surface area contributed by atoms with Gasteiger partial charge in [0.2, 0.25) is 0 Å². The summed E-state index contributed by atoms with van der Waals surface area (Å²) in [4.78, 5) is 38.4. The molecule has 0 heterocycles. The van der Waals surface area contributed by atoms with Gasteiger partial charge in [0.05, 0.1) is 0 Å². The minimum Gasteiger partial charge on any atom is -0.462 e. The highest BCUT2D eigenvalue weighted by Gasteiger charge is 2.19. The molecule has 0 N–H and O–H groups in total. The number of esters is 3. The number of unbranched alkanes of at least 4 members (excludes halogenated alkanes) is 40. The van der Waals surface area contributed by atoms with Crippen molar-refractivity contribution < 1.29 is 28.6 Å². The zero-order valence-electron chi connectivity index (χ0n) is 52.6. The van der Waals surface area contributed by atoms with E-state index >= 15 is 0 Å². The SMILES string of the molecule is CC/C=C\C/C=C\C/C=C\C/C=C\CCCCCCCCCCCCCCCCC(=O)OCC(COC(=O)CCCCCCC/C=C\CCCCCC)OC(=O)CCCCCCCCCCC/C=C\CCCCCCCCCC. The Hall–Kier alpha value is -3.15. The smallest absolute Gasteiger partial charge is 0.306 e. The van der Waals surface area contributed by atoms with Crippen molar-refractivity contribution in [1.82, 2.24) is 0 Å². The van der Waals surface area contributed by atoms with Gasteiger partial charge in [0.15, 0.2) is 6.10 Å². The van der Waals surface area contributed by atoms with Gasteiger partial charge >= 0.3 is 17.9 Å². The molecule has 0 radical (unpaired) electrons. The van der Waals surface area contributed by atoms with E-state index in [0.29, 0.717) is 19.3 Å². The third kappa shape index (κ3) is 65.5. The lowest BCUT2D eigenvalue weighted by molar-refractivity contribution is -0.167. The lowest BCUT2D eigenvalue weighted by Gasteiger charge is -2.18. The molecule has 0 aromatic heterocycles. The summed E-state index contributed by atoms with van der Waals surface area (Å²) >= 11 is 0. The first kappa shape index (κ1) is 75.8. The van der Waals surface area contributed by atoms with E-state index in [9.17, 15) is 14.4 Å². The van der Waals surface area contributed by atoms with Crippen LogP contribution in [0.25, 0.3) is 0 Å². The zero-order chi connectivity index (χ0) is 57.1. The number of ether oxygens (including phenoxy) is 3. The van der Waals surface area contributed by atoms with Gasteiger partial charge in [0, 0.05) is 19.3 Å². The maximum absolute atomic E-state index is 12.9. The lowest BCUT2D eigenvalue weighted by Crippen LogP contribution is -2.30. The van der Waals surface area contributed by atoms with Crippen LogP contribution in [-0.4, -0.2) is 37.2 Å². The second kappa shape index (κ2) is 67.4. The highest BCUT2D eigenvalue weighted by Crippen LogP contribution is 2.17. The number of carbonyl (C=O) groups excluding carboxylic acids is 3. The average Bonchev–Trinajstić information content (AvgIpc) is 3.45. The van der Waals surface area contributed by atoms with E-state index in [4.69, 9.17) is 14.2 Å². The monoisotopic (exact) mass is 1100 g/mol. The van der Waals surface area contributed by atoms with E-state index in [-0.39, 0.29) is 31.1 Å². The molecule has 0 saturated carbocycles. The van der Waals surface area contributed by atoms with Crippen LogP contribution >= 0.6 is 0 Å². The molecule has 0 bridgehead atoms. The molecule has 0 amide bonds. The molecule has 1 unspecified atom stereocenters. The molecular formula is C73H130O6. The average molecular weight is 1100 g/mol. The predicted molar refractivity (Wildman–Crippen MR) is 344 cm³/mol. The quantitative estimate of drug-likeness (QED) is 0.0261. The van der Waals surface area contributed by atoms with Gasteiger partial charge in [-0.1, -0.05) is 299 Å². The van der Waals surface area contributed by atoms with Gasteiger partial charge in [0.1, 0.15) is 13.2 Å². The lowest BCUT2D eigenvalue weighted by atomic mass is 10.0. The van der Waals surface area contributed by atoms with Gasteiger partial charge in [0.25, 0.3) is 0 Å². The largest absolute Gasteiger partial charge is 0.462 e. The molecule has 0 aromatic carbocycles. The van der Waals surface area contributed by atoms with Crippen LogP contribution in [0.5, 0.6) is 0 Å². The van der Waals surface area contributed by atoms with Crippen molar-refractivity contribution >= 4 is 17.9 Å². The summed E-state index contributed by atoms with van der Waals surface area (Å²) in [6.45, 7) is 6.55. The number of rotatable bonds is 63. The minimum atomic E-state index is -0.780. The standard InChI is InChI=1S/C73H130O6/c1-4-7-10-13-16-19-22-25-27-29-31-33-34-35-36-37-38-40-41-43-45-48-51-54-57-60-63-66-72(75)78-69-70(68-77-71(74)65-62-59-56-53-50-47-24-21-18-15-12-9-6-3)79-73(76)67-64-61-58-55-52-49-46-44-42-39-32-30-28-26-23-20-17-14-11-8-5-2/h7,10,16,19,21,24-25,27,30-33,70H,4-6,8-9,11-15,17-18,20,22-23,26,28-29,34-69H2,1-3H3/b10-7-,19-16-,24-21-,27-25-,32-30-,33-31-. The molecule has 0 aliphatic carbocycles. The summed E-state index contributed by atoms with van der Waals surface area (Å²) in [5, 5.41) is 0. The molecule has 0 saturated heterocycles. The molecular weight excluding hydrogens is 973 g/mol. The first-order valence-corrected chi connectivity index (χ1v) is 34.4. The Morgan fingerprint density at radius 3 is 0.797 bits per heavy atom. The molecule has 1 atom stereocenters. The maximum atomic E-state index is 12.9. The predicted octanol–water partition coefficient (Wildman–Crippen LogP) is 23.7. The topological polar surface area (TPSA) is 78.9 Å². The molecule has 79 heavy (non-hydrogen) atoms. The fourth-order valence-electron chi connectivity index (χ4n) is 10.0. The summed E-state index contributed by atoms with van der Waals surface area (Å²) in [5.74, 6) is -0.869. The van der Waals surface area contributed by atoms with Crippen LogP contribution in [0.4, 0.5) is 0 Å². The van der Waals surface area contributed by atoms with Gasteiger partial charge < -0.3 is 14.2 Å². The van der Waals surface area contributed by atoms with E-state index < -0.39 is 6.10 Å². The zero-order valence-corrected chi connectivity index (χ0v) is 52.6. The number of carbonyl (C=O) groups is 3. The van der Waals surface area contributed by atoms with Gasteiger partial charge in [-0.3, -0.25) is 14.4 Å². The Kier molecular flexibility index (Phi) is 64.7. The Labute approximate surface area is 491 Å². The van der Waals surface area contributed by atoms with Crippen LogP contribution in [0, 0.1) is 0 Å². The van der Waals surface area contributed by atoms with Crippen LogP contribution in [0.15, 0.2) is 72.9 Å². The summed E-state index contributed by atoms with van der Waals surface area (Å²) in [6.07, 6.45) is 87.8. The van der Waals surface area contributed by atoms with Crippen molar-refractivity contribution in [2.24, 2.45) is 0 Å². The fourth-order valence-corrected chi connectivity index (χ4v) is 10.0. The van der Waals surface area contributed by atoms with E-state index in [1.54, 1.807) is 0 Å². The van der Waals surface area contributed by atoms with Gasteiger partial charge in [-0.2, -0.15) is 0 Å². The van der Waals surface area contributed by atoms with Crippen molar-refractivity contribution in [2.75, 3.05) is 13.2 Å². The molecule has 0 spiro atoms. The highest BCUT2D eigenvalue weighted by molar-refractivity contribution is 5.71. The molecule has 0 aliphatic heterocycles. The van der Waals surface area contributed by atoms with Crippen molar-refractivity contribution in [3.05, 3.63) is 72.9 Å². The Balaban J connectivity index is 4.26. The Bertz CT molecular complexity index is 1450. The van der Waals surface area contributed by atoms with Crippen LogP contribution in [-0.2, 0) is 28.6 Å². The van der Waals surface area contributed by atoms with Crippen molar-refractivity contribution in [3.8, 4) is 0 Å². The maximum Gasteiger partial charge on any atom is 0.306 e. The van der Waals surface area contributed by atoms with Crippen LogP contribution in [0.1, 0.15) is 355 Å². The van der Waals surface area contributed by atoms with Crippen molar-refractivity contribution in [2.45, 2.75) is 361 Å². The molecule has 6 heteroatoms. The van der Waals surface area contributed by atoms with Gasteiger partial charge in [-0.15, -0.1) is 0 Å². The molecule has 0 rings (SSSR count). The Morgan fingerprint density at radius 1 is 0.266 bits per heavy atom. The highest BCUT2D eigenvalue weighted by atomic mass is 16.6. The molecule has 0 aromatic rings. The number of allylic oxidation sites excluding steroid dienone is 12. The molecule has 458 valence electrons. The molecule has 0 aliphatic rings. The third-order valence-electron chi connectivity index (χ3n) is 15.2. The van der Waals surface area contributed by atoms with Crippen molar-refractivity contribution in [3.63, 3.8) is 0 Å². The Morgan fingerprint density at radius 2 is 0.494 bits per heavy atom. The van der Waals surface area contributed by atoms with E-state index in [1.165, 1.54) is 225 Å². The van der Waals surface area contributed by atoms with Gasteiger partial charge in [-0.25, -0.2) is 0 Å². The number of hydrogen-bond acceptors (Lipinski definition) is 6. The second-order valence-corrected chi connectivity index (χ2v) is 23.1. The molecule has 6 nitrogen and oxygen atoms in total. The normalized spacial score (nSPS) is 12.5. The van der Waals surface area contributed by atoms with Crippen LogP contribution < -0.4 is 0 Å². The molecule has 0 fully saturated rings. The van der Waals surface area contributed by atoms with Crippen LogP contribution in [0.2, 0.25) is 0 Å². The summed E-state index contributed by atoms with van der Waals surface area (Å²) < 4.78 is 17.0. The second-order valence-electron chi connectivity index (χ2n) is 23.1. The minimum absolute atomic E-state index is 0.0761. The van der Waals surface area contributed by atoms with E-state index in [2.05, 4.69) is 93.7 Å². The summed E-state index contributed by atoms with van der Waals surface area (Å²) in [5.41, 5.74) is 0. The van der Waals surface area contributed by atoms with Crippen LogP contribution in [0.3, 0.4) is 0 Å². The first-order valence-electron chi connectivity index (χ1n) is 34.4. The third-order valence-corrected chi connectivity index (χ3v) is 15.2. The first-order chi connectivity index (χ1) is 39.0. The van der Waals surface area contributed by atoms with Gasteiger partial charge in [-0.05, 0) is 109 Å².